The molecule has 15 heavy (non-hydrogen) atoms. The molecule has 0 fully saturated rings. The predicted molar refractivity (Wildman–Crippen MR) is 71.7 cm³/mol. The molecule has 1 aromatic carbocycles. The van der Waals surface area contributed by atoms with Crippen molar-refractivity contribution in [2.75, 3.05) is 5.32 Å². The normalized spacial score (nSPS) is 12.2. The Bertz CT molecular complexity index is 338. The van der Waals surface area contributed by atoms with Gasteiger partial charge in [0.1, 0.15) is 0 Å². The number of allylic oxidation sites excluding steroid dienone is 1. The maximum Gasteiger partial charge on any atom is 0.0648 e. The van der Waals surface area contributed by atoms with Gasteiger partial charge in [0, 0.05) is 10.5 Å². The minimum Gasteiger partial charge on any atom is -0.381 e. The van der Waals surface area contributed by atoms with E-state index in [0.717, 1.165) is 28.0 Å². The molecule has 1 nitrogen and oxygen atoms in total. The van der Waals surface area contributed by atoms with Crippen LogP contribution >= 0.6 is 27.5 Å². The molecular weight excluding hydrogens is 273 g/mol. The molecule has 1 aromatic rings. The number of rotatable bonds is 5. The Morgan fingerprint density at radius 2 is 2.33 bits per heavy atom. The monoisotopic (exact) mass is 287 g/mol. The van der Waals surface area contributed by atoms with E-state index in [4.69, 9.17) is 11.6 Å². The number of anilines is 1. The van der Waals surface area contributed by atoms with E-state index < -0.39 is 0 Å². The third kappa shape index (κ3) is 4.27. The Labute approximate surface area is 105 Å². The summed E-state index contributed by atoms with van der Waals surface area (Å²) in [5.74, 6) is 0. The van der Waals surface area contributed by atoms with Gasteiger partial charge in [-0.25, -0.2) is 0 Å². The zero-order chi connectivity index (χ0) is 11.3. The maximum atomic E-state index is 6.09. The van der Waals surface area contributed by atoms with Gasteiger partial charge in [0.05, 0.1) is 10.7 Å². The molecule has 0 saturated carbocycles. The standard InChI is InChI=1S/C12H15BrClN/c1-3-4-5-9(2)15-12-7-6-10(13)8-11(12)14/h3,6-9,15H,1,4-5H2,2H3. The number of hydrogen-bond acceptors (Lipinski definition) is 1. The van der Waals surface area contributed by atoms with Gasteiger partial charge in [-0.1, -0.05) is 33.6 Å². The van der Waals surface area contributed by atoms with Crippen LogP contribution in [0, 0.1) is 0 Å². The molecule has 0 amide bonds. The second-order valence-corrected chi connectivity index (χ2v) is 4.86. The Morgan fingerprint density at radius 3 is 2.93 bits per heavy atom. The van der Waals surface area contributed by atoms with Crippen molar-refractivity contribution in [3.05, 3.63) is 40.3 Å². The second kappa shape index (κ2) is 6.19. The molecule has 0 saturated heterocycles. The molecule has 1 unspecified atom stereocenters. The van der Waals surface area contributed by atoms with Gasteiger partial charge in [-0.2, -0.15) is 0 Å². The van der Waals surface area contributed by atoms with Crippen LogP contribution in [0.1, 0.15) is 19.8 Å². The van der Waals surface area contributed by atoms with Crippen molar-refractivity contribution in [2.45, 2.75) is 25.8 Å². The summed E-state index contributed by atoms with van der Waals surface area (Å²) in [5, 5.41) is 4.12. The fourth-order valence-corrected chi connectivity index (χ4v) is 2.04. The van der Waals surface area contributed by atoms with Crippen molar-refractivity contribution in [2.24, 2.45) is 0 Å². The van der Waals surface area contributed by atoms with Gasteiger partial charge in [-0.05, 0) is 38.0 Å². The summed E-state index contributed by atoms with van der Waals surface area (Å²) in [6.45, 7) is 5.85. The molecule has 0 aliphatic heterocycles. The molecular formula is C12H15BrClN. The average molecular weight is 289 g/mol. The topological polar surface area (TPSA) is 12.0 Å². The lowest BCUT2D eigenvalue weighted by atomic mass is 10.1. The van der Waals surface area contributed by atoms with Crippen molar-refractivity contribution >= 4 is 33.2 Å². The first kappa shape index (κ1) is 12.6. The van der Waals surface area contributed by atoms with Crippen LogP contribution in [0.15, 0.2) is 35.3 Å². The molecule has 0 radical (unpaired) electrons. The average Bonchev–Trinajstić information content (AvgIpc) is 2.19. The van der Waals surface area contributed by atoms with Crippen molar-refractivity contribution in [1.29, 1.82) is 0 Å². The summed E-state index contributed by atoms with van der Waals surface area (Å²) in [4.78, 5) is 0. The Kier molecular flexibility index (Phi) is 5.20. The third-order valence-corrected chi connectivity index (χ3v) is 2.94. The summed E-state index contributed by atoms with van der Waals surface area (Å²) in [7, 11) is 0. The van der Waals surface area contributed by atoms with Crippen LogP contribution in [-0.2, 0) is 0 Å². The Hall–Kier alpha value is -0.470. The summed E-state index contributed by atoms with van der Waals surface area (Å²) < 4.78 is 0.997. The van der Waals surface area contributed by atoms with Gasteiger partial charge in [0.15, 0.2) is 0 Å². The highest BCUT2D eigenvalue weighted by Crippen LogP contribution is 2.26. The lowest BCUT2D eigenvalue weighted by Crippen LogP contribution is -2.14. The minimum absolute atomic E-state index is 0.404. The predicted octanol–water partition coefficient (Wildman–Crippen LogP) is 4.87. The van der Waals surface area contributed by atoms with Gasteiger partial charge in [0.2, 0.25) is 0 Å². The zero-order valence-electron chi connectivity index (χ0n) is 8.76. The molecule has 1 N–H and O–H groups in total. The zero-order valence-corrected chi connectivity index (χ0v) is 11.1. The molecule has 0 heterocycles. The Morgan fingerprint density at radius 1 is 1.60 bits per heavy atom. The highest BCUT2D eigenvalue weighted by atomic mass is 79.9. The van der Waals surface area contributed by atoms with Crippen molar-refractivity contribution in [1.82, 2.24) is 0 Å². The lowest BCUT2D eigenvalue weighted by Gasteiger charge is -2.15. The van der Waals surface area contributed by atoms with Crippen molar-refractivity contribution in [3.8, 4) is 0 Å². The smallest absolute Gasteiger partial charge is 0.0648 e. The van der Waals surface area contributed by atoms with Crippen molar-refractivity contribution in [3.63, 3.8) is 0 Å². The minimum atomic E-state index is 0.404. The molecule has 0 aliphatic carbocycles. The lowest BCUT2D eigenvalue weighted by molar-refractivity contribution is 0.719. The quantitative estimate of drug-likeness (QED) is 0.762. The molecule has 0 aliphatic rings. The first-order chi connectivity index (χ1) is 7.13. The van der Waals surface area contributed by atoms with E-state index in [0.29, 0.717) is 6.04 Å². The van der Waals surface area contributed by atoms with Gasteiger partial charge in [-0.3, -0.25) is 0 Å². The highest BCUT2D eigenvalue weighted by molar-refractivity contribution is 9.10. The van der Waals surface area contributed by atoms with Crippen molar-refractivity contribution < 1.29 is 0 Å². The van der Waals surface area contributed by atoms with E-state index >= 15 is 0 Å². The van der Waals surface area contributed by atoms with E-state index in [1.807, 2.05) is 24.3 Å². The van der Waals surface area contributed by atoms with Gasteiger partial charge >= 0.3 is 0 Å². The first-order valence-corrected chi connectivity index (χ1v) is 6.13. The number of hydrogen-bond donors (Lipinski definition) is 1. The molecule has 3 heteroatoms. The number of halogens is 2. The molecule has 0 bridgehead atoms. The molecule has 0 aromatic heterocycles. The van der Waals surface area contributed by atoms with Gasteiger partial charge < -0.3 is 5.32 Å². The number of nitrogens with one attached hydrogen (secondary N) is 1. The van der Waals surface area contributed by atoms with Crippen LogP contribution < -0.4 is 5.32 Å². The van der Waals surface area contributed by atoms with E-state index in [9.17, 15) is 0 Å². The van der Waals surface area contributed by atoms with Crippen LogP contribution in [0.4, 0.5) is 5.69 Å². The molecule has 0 spiro atoms. The molecule has 82 valence electrons. The van der Waals surface area contributed by atoms with Crippen LogP contribution in [0.25, 0.3) is 0 Å². The second-order valence-electron chi connectivity index (χ2n) is 3.54. The van der Waals surface area contributed by atoms with E-state index in [2.05, 4.69) is 34.7 Å². The SMILES string of the molecule is C=CCCC(C)Nc1ccc(Br)cc1Cl. The third-order valence-electron chi connectivity index (χ3n) is 2.14. The van der Waals surface area contributed by atoms with Crippen LogP contribution in [-0.4, -0.2) is 6.04 Å². The molecule has 1 atom stereocenters. The van der Waals surface area contributed by atoms with Gasteiger partial charge in [-0.15, -0.1) is 6.58 Å². The molecule has 1 rings (SSSR count). The summed E-state index contributed by atoms with van der Waals surface area (Å²) in [6, 6.07) is 6.26. The summed E-state index contributed by atoms with van der Waals surface area (Å²) >= 11 is 9.47. The fraction of sp³-hybridized carbons (Fsp3) is 0.333. The maximum absolute atomic E-state index is 6.09. The summed E-state index contributed by atoms with van der Waals surface area (Å²) in [6.07, 6.45) is 4.01. The van der Waals surface area contributed by atoms with E-state index in [-0.39, 0.29) is 0 Å². The first-order valence-electron chi connectivity index (χ1n) is 4.96. The number of benzene rings is 1. The summed E-state index contributed by atoms with van der Waals surface area (Å²) in [5.41, 5.74) is 0.983. The fourth-order valence-electron chi connectivity index (χ4n) is 1.31. The Balaban J connectivity index is 2.59. The van der Waals surface area contributed by atoms with Crippen LogP contribution in [0.5, 0.6) is 0 Å². The highest BCUT2D eigenvalue weighted by Gasteiger charge is 2.04. The van der Waals surface area contributed by atoms with Crippen LogP contribution in [0.3, 0.4) is 0 Å². The van der Waals surface area contributed by atoms with E-state index in [1.165, 1.54) is 0 Å². The van der Waals surface area contributed by atoms with Crippen LogP contribution in [0.2, 0.25) is 5.02 Å². The van der Waals surface area contributed by atoms with E-state index in [1.54, 1.807) is 0 Å². The van der Waals surface area contributed by atoms with Gasteiger partial charge in [0.25, 0.3) is 0 Å². The largest absolute Gasteiger partial charge is 0.381 e.